The van der Waals surface area contributed by atoms with E-state index in [4.69, 9.17) is 98.3 Å². The van der Waals surface area contributed by atoms with Crippen LogP contribution in [0.5, 0.6) is 86.2 Å². The van der Waals surface area contributed by atoms with E-state index in [1.54, 1.807) is 70.1 Å². The van der Waals surface area contributed by atoms with Gasteiger partial charge < -0.3 is 86.9 Å². The smallest absolute Gasteiger partial charge is 0.290 e. The first kappa shape index (κ1) is 66.9. The van der Waals surface area contributed by atoms with Gasteiger partial charge >= 0.3 is 0 Å². The van der Waals surface area contributed by atoms with Crippen LogP contribution in [0.4, 0.5) is 11.4 Å². The van der Waals surface area contributed by atoms with Gasteiger partial charge in [0.05, 0.1) is 90.2 Å². The van der Waals surface area contributed by atoms with E-state index < -0.39 is 10.7 Å². The Kier molecular flexibility index (Phi) is 24.0. The molecule has 0 aliphatic carbocycles. The number of anilines is 1. The van der Waals surface area contributed by atoms with Crippen molar-refractivity contribution < 1.29 is 133 Å². The Bertz CT molecular complexity index is 3750. The Morgan fingerprint density at radius 3 is 1.45 bits per heavy atom. The van der Waals surface area contributed by atoms with E-state index in [2.05, 4.69) is 9.97 Å². The van der Waals surface area contributed by atoms with Gasteiger partial charge in [0.15, 0.2) is 80.3 Å². The second kappa shape index (κ2) is 31.3. The van der Waals surface area contributed by atoms with Crippen LogP contribution in [0.3, 0.4) is 0 Å². The minimum Gasteiger partial charge on any atom is -0.493 e. The summed E-state index contributed by atoms with van der Waals surface area (Å²) in [5.74, 6) is 6.14. The molecule has 5 aliphatic rings. The molecule has 0 fully saturated rings. The molecule has 0 unspecified atom stereocenters. The van der Waals surface area contributed by atoms with Gasteiger partial charge in [-0.15, -0.1) is 0 Å². The van der Waals surface area contributed by atoms with Crippen LogP contribution >= 0.6 is 11.6 Å². The second-order valence-electron chi connectivity index (χ2n) is 17.7. The van der Waals surface area contributed by atoms with Crippen LogP contribution in [0, 0.1) is 10.1 Å². The number of pyridine rings is 2. The molecular formula is C58H59ClN4O23Y. The third-order valence-electron chi connectivity index (χ3n) is 12.5. The van der Waals surface area contributed by atoms with E-state index in [1.165, 1.54) is 47.1 Å². The molecule has 12 rings (SSSR count). The Morgan fingerprint density at radius 2 is 0.977 bits per heavy atom. The maximum atomic E-state index is 11.9. The largest absolute Gasteiger partial charge is 0.493 e. The van der Waals surface area contributed by atoms with Crippen LogP contribution in [-0.2, 0) is 37.5 Å². The van der Waals surface area contributed by atoms with E-state index >= 15 is 0 Å². The predicted octanol–water partition coefficient (Wildman–Crippen LogP) is 8.17. The van der Waals surface area contributed by atoms with Crippen LogP contribution in [0.1, 0.15) is 51.8 Å². The fourth-order valence-corrected chi connectivity index (χ4v) is 9.20. The van der Waals surface area contributed by atoms with Crippen molar-refractivity contribution in [2.75, 3.05) is 107 Å². The van der Waals surface area contributed by atoms with Crippen molar-refractivity contribution in [3.05, 3.63) is 103 Å². The molecule has 0 spiro atoms. The van der Waals surface area contributed by atoms with Crippen LogP contribution < -0.4 is 82.2 Å². The molecule has 4 N–H and O–H groups in total. The van der Waals surface area contributed by atoms with Gasteiger partial charge in [0.1, 0.15) is 71.6 Å². The molecule has 459 valence electrons. The maximum Gasteiger partial charge on any atom is 0.290 e. The first-order chi connectivity index (χ1) is 41.5. The average Bonchev–Trinajstić information content (AvgIpc) is 1.59. The quantitative estimate of drug-likeness (QED) is 0.0403. The standard InChI is InChI=1S/C12H10ClNO3.C12H11NO4.C11H11NO6.C11H13NO4.C11H12O4.CH2O2.Y/c1-15-9-6-8-10(7(13)2-3-14-8)12-11(9)16-4-5-17-12;1-15-9-6-7-10(8(14)2-3-13-7)12-11(9)16-4-5-17-12;1-6(13)9-7(12(14)15)5-8(16-2)10-11(9)18-4-3-17-10;1-6(13)9-7(12)5-8(14-2)10-11(9)16-4-3-15-10;1-7(12)8-3-4-9(13-2)11-10(8)14-5-6-15-11;2-1-3;/h2-3,6H,4-5H2,1H3;2-3,6H,4-5H2,1H3,(H,13,14);5H,3-4H2,1-2H3;5H,3-4,12H2,1-2H3;3-4H,5-6H2,1-2H3;1H,(H,2,3);. The molecule has 0 bridgehead atoms. The summed E-state index contributed by atoms with van der Waals surface area (Å²) in [6, 6.07) is 12.9. The van der Waals surface area contributed by atoms with Crippen molar-refractivity contribution >= 4 is 68.6 Å². The number of ether oxygens (including phenoxy) is 15. The molecule has 2 aromatic heterocycles. The first-order valence-electron chi connectivity index (χ1n) is 25.9. The molecule has 0 saturated heterocycles. The number of ketones is 3. The number of hydrogen-bond acceptors (Lipinski definition) is 24. The number of carboxylic acid groups (broad SMARTS) is 1. The van der Waals surface area contributed by atoms with E-state index in [-0.39, 0.29) is 91.3 Å². The molecule has 0 amide bonds. The third-order valence-corrected chi connectivity index (χ3v) is 12.8. The van der Waals surface area contributed by atoms with Crippen molar-refractivity contribution in [2.24, 2.45) is 0 Å². The maximum absolute atomic E-state index is 11.9. The predicted molar refractivity (Wildman–Crippen MR) is 308 cm³/mol. The number of carbonyl (C=O) groups excluding carboxylic acids is 3. The minimum atomic E-state index is -0.641. The number of benzene rings is 5. The number of nitrogens with one attached hydrogen (secondary N) is 1. The molecule has 87 heavy (non-hydrogen) atoms. The number of nitro groups is 1. The van der Waals surface area contributed by atoms with Crippen molar-refractivity contribution in [3.8, 4) is 86.2 Å². The fourth-order valence-electron chi connectivity index (χ4n) is 8.96. The number of Topliss-reactive ketones (excluding diaryl/α,β-unsaturated/α-hetero) is 3. The zero-order chi connectivity index (χ0) is 62.2. The van der Waals surface area contributed by atoms with Gasteiger partial charge in [0.25, 0.3) is 12.2 Å². The van der Waals surface area contributed by atoms with Gasteiger partial charge in [-0.3, -0.25) is 39.1 Å². The van der Waals surface area contributed by atoms with E-state index in [0.29, 0.717) is 161 Å². The normalized spacial score (nSPS) is 13.0. The molecule has 5 aliphatic heterocycles. The zero-order valence-electron chi connectivity index (χ0n) is 48.3. The van der Waals surface area contributed by atoms with Crippen LogP contribution in [0.15, 0.2) is 65.7 Å². The Morgan fingerprint density at radius 1 is 0.575 bits per heavy atom. The number of nitrogen functional groups attached to an aromatic ring is 1. The summed E-state index contributed by atoms with van der Waals surface area (Å²) in [6.07, 6.45) is 3.25. The number of nitro benzene ring substituents is 1. The summed E-state index contributed by atoms with van der Waals surface area (Å²) in [4.78, 5) is 72.2. The minimum absolute atomic E-state index is 0. The van der Waals surface area contributed by atoms with E-state index in [0.717, 1.165) is 10.9 Å². The van der Waals surface area contributed by atoms with Crippen LogP contribution in [0.2, 0.25) is 5.02 Å². The number of methoxy groups -OCH3 is 5. The topological polar surface area (TPSA) is 342 Å². The summed E-state index contributed by atoms with van der Waals surface area (Å²) in [6.45, 7) is 8.14. The molecule has 7 heterocycles. The van der Waals surface area contributed by atoms with Crippen molar-refractivity contribution in [1.82, 2.24) is 9.97 Å². The number of H-pyrrole nitrogens is 1. The molecule has 27 nitrogen and oxygen atoms in total. The number of fused-ring (bicyclic) bond motifs is 9. The van der Waals surface area contributed by atoms with E-state index in [9.17, 15) is 29.3 Å². The number of rotatable bonds is 9. The van der Waals surface area contributed by atoms with Crippen LogP contribution in [0.25, 0.3) is 21.8 Å². The molecule has 5 aromatic carbocycles. The number of hydrogen-bond donors (Lipinski definition) is 3. The average molecular weight is 1300 g/mol. The van der Waals surface area contributed by atoms with Crippen molar-refractivity contribution in [3.63, 3.8) is 0 Å². The number of aromatic nitrogens is 2. The van der Waals surface area contributed by atoms with Gasteiger partial charge in [-0.1, -0.05) is 11.6 Å². The SMILES string of the molecule is COc1cc(N)c(C(C)=O)c2c1OCCO2.COc1cc([N+](=O)[O-])c(C(C)=O)c2c1OCCO2.COc1cc2[nH]ccc(=O)c2c2c1OCCO2.COc1cc2nccc(Cl)c2c2c1OCCO2.COc1ccc(C(C)=O)c2c1OCCO2.O=CO.[Y]. The molecule has 0 atom stereocenters. The summed E-state index contributed by atoms with van der Waals surface area (Å²) in [7, 11) is 7.58. The molecule has 29 heteroatoms. The fraction of sp³-hybridized carbons (Fsp3) is 0.310. The van der Waals surface area contributed by atoms with Gasteiger partial charge in [0.2, 0.25) is 28.7 Å². The van der Waals surface area contributed by atoms with E-state index in [1.807, 2.05) is 0 Å². The summed E-state index contributed by atoms with van der Waals surface area (Å²) < 4.78 is 80.4. The van der Waals surface area contributed by atoms with Gasteiger partial charge in [0, 0.05) is 69.4 Å². The third kappa shape index (κ3) is 15.1. The van der Waals surface area contributed by atoms with Gasteiger partial charge in [-0.25, -0.2) is 0 Å². The number of nitrogens with two attached hydrogens (primary N) is 1. The number of carbonyl (C=O) groups is 4. The second-order valence-corrected chi connectivity index (χ2v) is 18.2. The zero-order valence-corrected chi connectivity index (χ0v) is 51.9. The summed E-state index contributed by atoms with van der Waals surface area (Å²) in [5.41, 5.74) is 7.91. The van der Waals surface area contributed by atoms with Gasteiger partial charge in [-0.2, -0.15) is 0 Å². The van der Waals surface area contributed by atoms with Crippen molar-refractivity contribution in [1.29, 1.82) is 0 Å². The summed E-state index contributed by atoms with van der Waals surface area (Å²) in [5, 5.41) is 19.7. The monoisotopic (exact) mass is 1300 g/mol. The Balaban J connectivity index is 0.000000171. The molecule has 7 aromatic rings. The van der Waals surface area contributed by atoms with Crippen LogP contribution in [-0.4, -0.2) is 145 Å². The number of nitrogens with zero attached hydrogens (tertiary/aromatic N) is 2. The summed E-state index contributed by atoms with van der Waals surface area (Å²) >= 11 is 6.17. The van der Waals surface area contributed by atoms with Gasteiger partial charge in [-0.05, 0) is 39.0 Å². The Labute approximate surface area is 525 Å². The van der Waals surface area contributed by atoms with Crippen molar-refractivity contribution in [2.45, 2.75) is 20.8 Å². The molecular weight excluding hydrogens is 1250 g/mol. The Hall–Kier alpha value is -9.21. The molecule has 1 radical (unpaired) electrons. The first-order valence-corrected chi connectivity index (χ1v) is 26.2. The molecule has 0 saturated carbocycles. The number of aromatic amines is 1. The number of halogens is 1.